The first-order chi connectivity index (χ1) is 16.3. The maximum Gasteiger partial charge on any atom is 0.282 e. The highest BCUT2D eigenvalue weighted by Gasteiger charge is 2.40. The number of nitrogens with zero attached hydrogens (tertiary/aromatic N) is 1. The summed E-state index contributed by atoms with van der Waals surface area (Å²) in [5.74, 6) is 0.273. The highest BCUT2D eigenvalue weighted by Crippen LogP contribution is 2.36. The number of benzene rings is 3. The number of ether oxygens (including phenoxy) is 1. The highest BCUT2D eigenvalue weighted by molar-refractivity contribution is 6.46. The predicted octanol–water partition coefficient (Wildman–Crippen LogP) is 6.22. The average Bonchev–Trinajstić information content (AvgIpc) is 3.04. The topological polar surface area (TPSA) is 58.6 Å². The van der Waals surface area contributed by atoms with Crippen molar-refractivity contribution in [3.8, 4) is 5.75 Å². The quantitative estimate of drug-likeness (QED) is 0.431. The summed E-state index contributed by atoms with van der Waals surface area (Å²) in [6.45, 7) is 10.6. The highest BCUT2D eigenvalue weighted by atomic mass is 16.5. The molecule has 3 aromatic carbocycles. The van der Waals surface area contributed by atoms with Gasteiger partial charge in [-0.3, -0.25) is 9.59 Å². The molecule has 0 unspecified atom stereocenters. The van der Waals surface area contributed by atoms with E-state index in [0.717, 1.165) is 22.4 Å². The fraction of sp³-hybridized carbons (Fsp3) is 0.241. The Morgan fingerprint density at radius 3 is 2.29 bits per heavy atom. The first-order valence-electron chi connectivity index (χ1n) is 11.6. The van der Waals surface area contributed by atoms with Gasteiger partial charge >= 0.3 is 0 Å². The van der Waals surface area contributed by atoms with Crippen molar-refractivity contribution in [2.75, 3.05) is 16.8 Å². The Bertz CT molecular complexity index is 1270. The van der Waals surface area contributed by atoms with Crippen LogP contribution in [0.1, 0.15) is 48.9 Å². The number of hydrogen-bond donors (Lipinski definition) is 1. The summed E-state index contributed by atoms with van der Waals surface area (Å²) in [6.07, 6.45) is 0. The molecule has 0 bridgehead atoms. The van der Waals surface area contributed by atoms with Gasteiger partial charge in [0.15, 0.2) is 0 Å². The molecular formula is C29H30N2O3. The molecule has 3 aromatic rings. The number of imide groups is 1. The van der Waals surface area contributed by atoms with Crippen LogP contribution in [0.2, 0.25) is 0 Å². The summed E-state index contributed by atoms with van der Waals surface area (Å²) in [7, 11) is 0. The minimum atomic E-state index is -0.387. The van der Waals surface area contributed by atoms with E-state index in [0.29, 0.717) is 29.5 Å². The monoisotopic (exact) mass is 454 g/mol. The van der Waals surface area contributed by atoms with Gasteiger partial charge in [0.1, 0.15) is 11.4 Å². The van der Waals surface area contributed by atoms with Gasteiger partial charge in [0.05, 0.1) is 17.9 Å². The van der Waals surface area contributed by atoms with Crippen molar-refractivity contribution in [2.24, 2.45) is 0 Å². The largest absolute Gasteiger partial charge is 0.494 e. The van der Waals surface area contributed by atoms with E-state index < -0.39 is 0 Å². The van der Waals surface area contributed by atoms with Gasteiger partial charge < -0.3 is 10.1 Å². The minimum Gasteiger partial charge on any atom is -0.494 e. The van der Waals surface area contributed by atoms with Crippen LogP contribution in [0.15, 0.2) is 72.4 Å². The van der Waals surface area contributed by atoms with Gasteiger partial charge in [0.2, 0.25) is 0 Å². The standard InChI is InChI=1S/C29H30N2O3/c1-6-34-24-9-7-8-23(17-24)31-28(32)26(25-15-10-19(4)16-20(25)5)27(29(31)33)30-22-13-11-21(12-14-22)18(2)3/h7-18,30H,6H2,1-5H3. The molecule has 0 saturated heterocycles. The molecule has 1 heterocycles. The van der Waals surface area contributed by atoms with Crippen LogP contribution >= 0.6 is 0 Å². The van der Waals surface area contributed by atoms with Crippen LogP contribution in [-0.2, 0) is 9.59 Å². The number of rotatable bonds is 7. The van der Waals surface area contributed by atoms with E-state index >= 15 is 0 Å². The van der Waals surface area contributed by atoms with E-state index in [9.17, 15) is 9.59 Å². The van der Waals surface area contributed by atoms with Crippen LogP contribution in [0.25, 0.3) is 5.57 Å². The van der Waals surface area contributed by atoms with Crippen LogP contribution in [0.4, 0.5) is 11.4 Å². The molecule has 0 fully saturated rings. The van der Waals surface area contributed by atoms with Crippen molar-refractivity contribution in [3.63, 3.8) is 0 Å². The van der Waals surface area contributed by atoms with E-state index in [1.54, 1.807) is 18.2 Å². The summed E-state index contributed by atoms with van der Waals surface area (Å²) in [5.41, 5.74) is 5.87. The molecule has 34 heavy (non-hydrogen) atoms. The molecule has 4 rings (SSSR count). The molecule has 2 amide bonds. The van der Waals surface area contributed by atoms with E-state index in [-0.39, 0.29) is 17.5 Å². The summed E-state index contributed by atoms with van der Waals surface area (Å²) in [4.78, 5) is 28.6. The van der Waals surface area contributed by atoms with Gasteiger partial charge in [-0.2, -0.15) is 0 Å². The van der Waals surface area contributed by atoms with E-state index in [4.69, 9.17) is 4.74 Å². The number of carbonyl (C=O) groups excluding carboxylic acids is 2. The SMILES string of the molecule is CCOc1cccc(N2C(=O)C(Nc3ccc(C(C)C)cc3)=C(c3ccc(C)cc3C)C2=O)c1. The minimum absolute atomic E-state index is 0.274. The predicted molar refractivity (Wildman–Crippen MR) is 137 cm³/mol. The van der Waals surface area contributed by atoms with E-state index in [2.05, 4.69) is 19.2 Å². The number of aryl methyl sites for hydroxylation is 2. The molecule has 0 aliphatic carbocycles. The van der Waals surface area contributed by atoms with Crippen molar-refractivity contribution in [3.05, 3.63) is 94.7 Å². The second-order valence-corrected chi connectivity index (χ2v) is 8.85. The maximum atomic E-state index is 13.7. The zero-order valence-corrected chi connectivity index (χ0v) is 20.3. The van der Waals surface area contributed by atoms with Crippen LogP contribution in [0, 0.1) is 13.8 Å². The third-order valence-corrected chi connectivity index (χ3v) is 5.97. The Labute approximate surface area is 201 Å². The number of nitrogens with one attached hydrogen (secondary N) is 1. The molecule has 1 N–H and O–H groups in total. The van der Waals surface area contributed by atoms with E-state index in [1.807, 2.05) is 69.3 Å². The lowest BCUT2D eigenvalue weighted by Crippen LogP contribution is -2.32. The number of amides is 2. The molecule has 5 heteroatoms. The summed E-state index contributed by atoms with van der Waals surface area (Å²) in [6, 6.07) is 20.9. The Hall–Kier alpha value is -3.86. The fourth-order valence-corrected chi connectivity index (χ4v) is 4.20. The van der Waals surface area contributed by atoms with Crippen LogP contribution in [-0.4, -0.2) is 18.4 Å². The lowest BCUT2D eigenvalue weighted by molar-refractivity contribution is -0.120. The van der Waals surface area contributed by atoms with Gasteiger partial charge in [-0.25, -0.2) is 4.90 Å². The van der Waals surface area contributed by atoms with Gasteiger partial charge in [0.25, 0.3) is 11.8 Å². The molecule has 174 valence electrons. The fourth-order valence-electron chi connectivity index (χ4n) is 4.20. The lowest BCUT2D eigenvalue weighted by atomic mass is 9.97. The van der Waals surface area contributed by atoms with Crippen LogP contribution in [0.3, 0.4) is 0 Å². The van der Waals surface area contributed by atoms with Crippen molar-refractivity contribution in [1.82, 2.24) is 0 Å². The van der Waals surface area contributed by atoms with Crippen LogP contribution in [0.5, 0.6) is 5.75 Å². The number of hydrogen-bond acceptors (Lipinski definition) is 4. The zero-order valence-electron chi connectivity index (χ0n) is 20.3. The molecule has 0 spiro atoms. The molecule has 1 aliphatic rings. The molecule has 5 nitrogen and oxygen atoms in total. The first-order valence-corrected chi connectivity index (χ1v) is 11.6. The third kappa shape index (κ3) is 4.46. The van der Waals surface area contributed by atoms with Gasteiger partial charge in [0, 0.05) is 11.8 Å². The molecule has 0 atom stereocenters. The van der Waals surface area contributed by atoms with Crippen molar-refractivity contribution >= 4 is 28.8 Å². The van der Waals surface area contributed by atoms with Gasteiger partial charge in [-0.05, 0) is 67.6 Å². The van der Waals surface area contributed by atoms with Crippen molar-refractivity contribution in [2.45, 2.75) is 40.5 Å². The van der Waals surface area contributed by atoms with Gasteiger partial charge in [-0.1, -0.05) is 55.8 Å². The Kier molecular flexibility index (Phi) is 6.55. The second-order valence-electron chi connectivity index (χ2n) is 8.85. The molecular weight excluding hydrogens is 424 g/mol. The molecule has 0 aromatic heterocycles. The molecule has 0 radical (unpaired) electrons. The summed E-state index contributed by atoms with van der Waals surface area (Å²) >= 11 is 0. The van der Waals surface area contributed by atoms with Crippen molar-refractivity contribution < 1.29 is 14.3 Å². The average molecular weight is 455 g/mol. The summed E-state index contributed by atoms with van der Waals surface area (Å²) < 4.78 is 5.59. The normalized spacial score (nSPS) is 13.8. The molecule has 0 saturated carbocycles. The Morgan fingerprint density at radius 1 is 0.912 bits per heavy atom. The Morgan fingerprint density at radius 2 is 1.65 bits per heavy atom. The van der Waals surface area contributed by atoms with Gasteiger partial charge in [-0.15, -0.1) is 0 Å². The lowest BCUT2D eigenvalue weighted by Gasteiger charge is -2.17. The summed E-state index contributed by atoms with van der Waals surface area (Å²) in [5, 5.41) is 3.25. The second kappa shape index (κ2) is 9.56. The van der Waals surface area contributed by atoms with Crippen LogP contribution < -0.4 is 15.0 Å². The number of anilines is 2. The molecule has 1 aliphatic heterocycles. The van der Waals surface area contributed by atoms with Crippen molar-refractivity contribution in [1.29, 1.82) is 0 Å². The smallest absolute Gasteiger partial charge is 0.282 e. The number of carbonyl (C=O) groups is 2. The maximum absolute atomic E-state index is 13.7. The zero-order chi connectivity index (χ0) is 24.4. The first kappa shape index (κ1) is 23.3. The Balaban J connectivity index is 1.80. The van der Waals surface area contributed by atoms with E-state index in [1.165, 1.54) is 10.5 Å². The third-order valence-electron chi connectivity index (χ3n) is 5.97.